The molecule has 0 spiro atoms. The number of para-hydroxylation sites is 2. The van der Waals surface area contributed by atoms with Crippen LogP contribution in [0.4, 0.5) is 17.2 Å². The molecule has 1 heterocycles. The van der Waals surface area contributed by atoms with Gasteiger partial charge < -0.3 is 20.1 Å². The van der Waals surface area contributed by atoms with E-state index in [4.69, 9.17) is 9.47 Å². The Morgan fingerprint density at radius 2 is 1.83 bits per heavy atom. The van der Waals surface area contributed by atoms with Gasteiger partial charge in [-0.1, -0.05) is 18.2 Å². The maximum absolute atomic E-state index is 12.8. The van der Waals surface area contributed by atoms with E-state index in [0.29, 0.717) is 23.1 Å². The number of ether oxygens (including phenoxy) is 2. The molecule has 0 saturated carbocycles. The van der Waals surface area contributed by atoms with Crippen molar-refractivity contribution in [2.75, 3.05) is 17.7 Å². The van der Waals surface area contributed by atoms with Crippen molar-refractivity contribution in [2.45, 2.75) is 26.9 Å². The molecule has 2 N–H and O–H groups in total. The second kappa shape index (κ2) is 9.05. The molecule has 0 atom stereocenters. The van der Waals surface area contributed by atoms with Crippen LogP contribution in [-0.2, 0) is 0 Å². The molecular formula is C22H24N4O3. The van der Waals surface area contributed by atoms with Crippen LogP contribution in [-0.4, -0.2) is 29.1 Å². The van der Waals surface area contributed by atoms with Gasteiger partial charge in [-0.05, 0) is 45.0 Å². The van der Waals surface area contributed by atoms with Crippen molar-refractivity contribution in [2.24, 2.45) is 0 Å². The SMILES string of the molecule is COc1cccc(Nc2cc(C(=O)Nc3ccccc3OC(C)C)nc(C)n2)c1. The summed E-state index contributed by atoms with van der Waals surface area (Å²) in [4.78, 5) is 21.4. The molecule has 0 saturated heterocycles. The van der Waals surface area contributed by atoms with E-state index in [2.05, 4.69) is 20.6 Å². The number of hydrogen-bond acceptors (Lipinski definition) is 6. The summed E-state index contributed by atoms with van der Waals surface area (Å²) in [5, 5.41) is 6.05. The van der Waals surface area contributed by atoms with E-state index < -0.39 is 0 Å². The van der Waals surface area contributed by atoms with Gasteiger partial charge in [0.2, 0.25) is 0 Å². The molecule has 0 radical (unpaired) electrons. The normalized spacial score (nSPS) is 10.5. The Hall–Kier alpha value is -3.61. The molecule has 0 aliphatic heterocycles. The van der Waals surface area contributed by atoms with Crippen LogP contribution in [0.2, 0.25) is 0 Å². The predicted molar refractivity (Wildman–Crippen MR) is 113 cm³/mol. The molecule has 0 unspecified atom stereocenters. The highest BCUT2D eigenvalue weighted by atomic mass is 16.5. The van der Waals surface area contributed by atoms with Gasteiger partial charge in [-0.25, -0.2) is 9.97 Å². The maximum Gasteiger partial charge on any atom is 0.274 e. The molecule has 0 fully saturated rings. The Balaban J connectivity index is 1.81. The van der Waals surface area contributed by atoms with Gasteiger partial charge >= 0.3 is 0 Å². The van der Waals surface area contributed by atoms with Crippen LogP contribution >= 0.6 is 0 Å². The summed E-state index contributed by atoms with van der Waals surface area (Å²) in [6.07, 6.45) is -0.00647. The van der Waals surface area contributed by atoms with Gasteiger partial charge in [-0.15, -0.1) is 0 Å². The van der Waals surface area contributed by atoms with E-state index in [0.717, 1.165) is 11.4 Å². The Bertz CT molecular complexity index is 1000. The lowest BCUT2D eigenvalue weighted by molar-refractivity contribution is 0.102. The highest BCUT2D eigenvalue weighted by Gasteiger charge is 2.14. The van der Waals surface area contributed by atoms with E-state index in [1.807, 2.05) is 56.3 Å². The van der Waals surface area contributed by atoms with Crippen molar-refractivity contribution in [3.05, 3.63) is 66.1 Å². The number of rotatable bonds is 7. The summed E-state index contributed by atoms with van der Waals surface area (Å²) in [6, 6.07) is 16.4. The van der Waals surface area contributed by atoms with Gasteiger partial charge in [-0.3, -0.25) is 4.79 Å². The van der Waals surface area contributed by atoms with Crippen LogP contribution in [0.5, 0.6) is 11.5 Å². The number of carbonyl (C=O) groups is 1. The third-order valence-corrected chi connectivity index (χ3v) is 3.91. The number of aromatic nitrogens is 2. The van der Waals surface area contributed by atoms with E-state index in [-0.39, 0.29) is 17.7 Å². The molecule has 3 aromatic rings. The zero-order chi connectivity index (χ0) is 20.8. The molecule has 0 aliphatic carbocycles. The van der Waals surface area contributed by atoms with Crippen LogP contribution in [0.1, 0.15) is 30.2 Å². The van der Waals surface area contributed by atoms with Gasteiger partial charge in [0.25, 0.3) is 5.91 Å². The lowest BCUT2D eigenvalue weighted by Crippen LogP contribution is -2.17. The van der Waals surface area contributed by atoms with Gasteiger partial charge in [-0.2, -0.15) is 0 Å². The van der Waals surface area contributed by atoms with Crippen molar-refractivity contribution < 1.29 is 14.3 Å². The van der Waals surface area contributed by atoms with E-state index in [1.54, 1.807) is 26.2 Å². The smallest absolute Gasteiger partial charge is 0.274 e. The average molecular weight is 392 g/mol. The third kappa shape index (κ3) is 5.44. The minimum absolute atomic E-state index is 0.00647. The topological polar surface area (TPSA) is 85.4 Å². The van der Waals surface area contributed by atoms with Crippen LogP contribution in [0.15, 0.2) is 54.6 Å². The number of aryl methyl sites for hydroxylation is 1. The van der Waals surface area contributed by atoms with Crippen LogP contribution in [0.3, 0.4) is 0 Å². The summed E-state index contributed by atoms with van der Waals surface area (Å²) >= 11 is 0. The summed E-state index contributed by atoms with van der Waals surface area (Å²) in [5.41, 5.74) is 1.64. The Labute approximate surface area is 170 Å². The van der Waals surface area contributed by atoms with Gasteiger partial charge in [0.1, 0.15) is 28.8 Å². The maximum atomic E-state index is 12.8. The number of hydrogen-bond donors (Lipinski definition) is 2. The summed E-state index contributed by atoms with van der Waals surface area (Å²) in [5.74, 6) is 1.98. The Kier molecular flexibility index (Phi) is 6.29. The Morgan fingerprint density at radius 3 is 2.59 bits per heavy atom. The monoisotopic (exact) mass is 392 g/mol. The highest BCUT2D eigenvalue weighted by molar-refractivity contribution is 6.04. The Morgan fingerprint density at radius 1 is 1.03 bits per heavy atom. The molecule has 1 aromatic heterocycles. The molecule has 1 amide bonds. The highest BCUT2D eigenvalue weighted by Crippen LogP contribution is 2.26. The summed E-state index contributed by atoms with van der Waals surface area (Å²) in [7, 11) is 1.61. The molecule has 2 aromatic carbocycles. The fourth-order valence-electron chi connectivity index (χ4n) is 2.71. The van der Waals surface area contributed by atoms with Crippen LogP contribution < -0.4 is 20.1 Å². The predicted octanol–water partition coefficient (Wildman–Crippen LogP) is 4.58. The van der Waals surface area contributed by atoms with Gasteiger partial charge in [0.15, 0.2) is 0 Å². The quantitative estimate of drug-likeness (QED) is 0.612. The lowest BCUT2D eigenvalue weighted by Gasteiger charge is -2.15. The second-order valence-corrected chi connectivity index (χ2v) is 6.66. The first kappa shape index (κ1) is 20.1. The molecular weight excluding hydrogens is 368 g/mol. The molecule has 29 heavy (non-hydrogen) atoms. The lowest BCUT2D eigenvalue weighted by atomic mass is 10.2. The number of nitrogens with zero attached hydrogens (tertiary/aromatic N) is 2. The van der Waals surface area contributed by atoms with E-state index in [1.165, 1.54) is 0 Å². The van der Waals surface area contributed by atoms with Crippen molar-refractivity contribution in [1.82, 2.24) is 9.97 Å². The molecule has 0 aliphatic rings. The first-order valence-electron chi connectivity index (χ1n) is 9.28. The van der Waals surface area contributed by atoms with Crippen molar-refractivity contribution in [1.29, 1.82) is 0 Å². The van der Waals surface area contributed by atoms with Crippen LogP contribution in [0.25, 0.3) is 0 Å². The average Bonchev–Trinajstić information content (AvgIpc) is 2.68. The van der Waals surface area contributed by atoms with Crippen molar-refractivity contribution >= 4 is 23.1 Å². The molecule has 7 nitrogen and oxygen atoms in total. The summed E-state index contributed by atoms with van der Waals surface area (Å²) < 4.78 is 11.0. The zero-order valence-electron chi connectivity index (χ0n) is 16.9. The zero-order valence-corrected chi connectivity index (χ0v) is 16.9. The standard InChI is InChI=1S/C22H24N4O3/c1-14(2)29-20-11-6-5-10-18(20)26-22(27)19-13-21(24-15(3)23-19)25-16-8-7-9-17(12-16)28-4/h5-14H,1-4H3,(H,26,27)(H,23,24,25). The second-order valence-electron chi connectivity index (χ2n) is 6.66. The number of nitrogens with one attached hydrogen (secondary N) is 2. The third-order valence-electron chi connectivity index (χ3n) is 3.91. The molecule has 150 valence electrons. The number of benzene rings is 2. The molecule has 0 bridgehead atoms. The molecule has 3 rings (SSSR count). The fourth-order valence-corrected chi connectivity index (χ4v) is 2.71. The minimum Gasteiger partial charge on any atom is -0.497 e. The van der Waals surface area contributed by atoms with E-state index in [9.17, 15) is 4.79 Å². The van der Waals surface area contributed by atoms with Crippen LogP contribution in [0, 0.1) is 6.92 Å². The van der Waals surface area contributed by atoms with E-state index >= 15 is 0 Å². The van der Waals surface area contributed by atoms with Gasteiger partial charge in [0, 0.05) is 17.8 Å². The number of methoxy groups -OCH3 is 1. The first-order chi connectivity index (χ1) is 13.9. The first-order valence-corrected chi connectivity index (χ1v) is 9.28. The van der Waals surface area contributed by atoms with Gasteiger partial charge in [0.05, 0.1) is 18.9 Å². The summed E-state index contributed by atoms with van der Waals surface area (Å²) in [6.45, 7) is 5.61. The fraction of sp³-hybridized carbons (Fsp3) is 0.227. The number of carbonyl (C=O) groups excluding carboxylic acids is 1. The minimum atomic E-state index is -0.344. The molecule has 7 heteroatoms. The largest absolute Gasteiger partial charge is 0.497 e. The number of amides is 1. The van der Waals surface area contributed by atoms with Crippen molar-refractivity contribution in [3.63, 3.8) is 0 Å². The number of anilines is 3. The van der Waals surface area contributed by atoms with Crippen molar-refractivity contribution in [3.8, 4) is 11.5 Å².